The van der Waals surface area contributed by atoms with Crippen LogP contribution in [0.1, 0.15) is 89.9 Å². The van der Waals surface area contributed by atoms with E-state index in [0.29, 0.717) is 23.5 Å². The molecule has 0 radical (unpaired) electrons. The summed E-state index contributed by atoms with van der Waals surface area (Å²) in [6.45, 7) is 16.1. The van der Waals surface area contributed by atoms with Crippen molar-refractivity contribution in [1.82, 2.24) is 4.90 Å². The predicted octanol–water partition coefficient (Wildman–Crippen LogP) is 9.03. The highest BCUT2D eigenvalue weighted by molar-refractivity contribution is 6.14. The lowest BCUT2D eigenvalue weighted by Gasteiger charge is -2.43. The molecule has 6 rings (SSSR count). The fourth-order valence-corrected chi connectivity index (χ4v) is 6.58. The Bertz CT molecular complexity index is 1410. The second kappa shape index (κ2) is 13.6. The Morgan fingerprint density at radius 2 is 1.63 bits per heavy atom. The van der Waals surface area contributed by atoms with Gasteiger partial charge in [-0.2, -0.15) is 0 Å². The molecule has 2 fully saturated rings. The van der Waals surface area contributed by atoms with Crippen molar-refractivity contribution in [2.75, 3.05) is 29.9 Å². The molecular weight excluding hydrogens is 538 g/mol. The molecular formula is C37H50F2N4. The van der Waals surface area contributed by atoms with Crippen LogP contribution in [-0.4, -0.2) is 48.5 Å². The number of anilines is 2. The summed E-state index contributed by atoms with van der Waals surface area (Å²) in [4.78, 5) is 10.1. The SMILES string of the molecule is CC.Cc1ccccc1N(CC1CC1)C(C)N1CCC(Nc2ccc3c(c2)C(C)C(C)N=C3c2cc(F)cc(F)c2)CC1.[HH]. The average molecular weight is 589 g/mol. The Kier molecular flexibility index (Phi) is 9.85. The Hall–Kier alpha value is -3.25. The maximum Gasteiger partial charge on any atom is 0.126 e. The first kappa shape index (κ1) is 31.2. The molecule has 3 atom stereocenters. The predicted molar refractivity (Wildman–Crippen MR) is 179 cm³/mol. The number of benzene rings is 3. The molecule has 43 heavy (non-hydrogen) atoms. The second-order valence-electron chi connectivity index (χ2n) is 12.4. The van der Waals surface area contributed by atoms with Gasteiger partial charge in [0.15, 0.2) is 0 Å². The van der Waals surface area contributed by atoms with Gasteiger partial charge >= 0.3 is 0 Å². The van der Waals surface area contributed by atoms with Crippen LogP contribution in [-0.2, 0) is 0 Å². The molecule has 0 amide bonds. The molecule has 1 saturated carbocycles. The molecule has 3 aromatic rings. The summed E-state index contributed by atoms with van der Waals surface area (Å²) in [6, 6.07) is 19.3. The van der Waals surface area contributed by atoms with Gasteiger partial charge in [-0.25, -0.2) is 8.78 Å². The van der Waals surface area contributed by atoms with Gasteiger partial charge in [-0.05, 0) is 93.8 Å². The van der Waals surface area contributed by atoms with Gasteiger partial charge in [0, 0.05) is 61.6 Å². The van der Waals surface area contributed by atoms with Crippen LogP contribution >= 0.6 is 0 Å². The van der Waals surface area contributed by atoms with Gasteiger partial charge in [-0.1, -0.05) is 45.0 Å². The summed E-state index contributed by atoms with van der Waals surface area (Å²) >= 11 is 0. The van der Waals surface area contributed by atoms with Crippen LogP contribution in [0.15, 0.2) is 65.7 Å². The largest absolute Gasteiger partial charge is 0.382 e. The third-order valence-corrected chi connectivity index (χ3v) is 9.45. The van der Waals surface area contributed by atoms with Crippen molar-refractivity contribution in [2.45, 2.75) is 91.4 Å². The summed E-state index contributed by atoms with van der Waals surface area (Å²) in [5, 5.41) is 3.81. The van der Waals surface area contributed by atoms with Crippen LogP contribution in [0.3, 0.4) is 0 Å². The number of hydrogen-bond acceptors (Lipinski definition) is 4. The first-order chi connectivity index (χ1) is 20.8. The fourth-order valence-electron chi connectivity index (χ4n) is 6.58. The van der Waals surface area contributed by atoms with E-state index in [9.17, 15) is 8.78 Å². The van der Waals surface area contributed by atoms with Crippen molar-refractivity contribution in [3.05, 3.63) is 94.6 Å². The van der Waals surface area contributed by atoms with Crippen LogP contribution in [0.25, 0.3) is 0 Å². The minimum atomic E-state index is -0.580. The van der Waals surface area contributed by atoms with Crippen molar-refractivity contribution in [3.63, 3.8) is 0 Å². The van der Waals surface area contributed by atoms with Crippen LogP contribution in [0.4, 0.5) is 20.2 Å². The number of rotatable bonds is 8. The summed E-state index contributed by atoms with van der Waals surface area (Å²) < 4.78 is 28.1. The van der Waals surface area contributed by atoms with E-state index in [0.717, 1.165) is 55.7 Å². The van der Waals surface area contributed by atoms with Gasteiger partial charge in [-0.3, -0.25) is 9.89 Å². The highest BCUT2D eigenvalue weighted by Crippen LogP contribution is 2.36. The summed E-state index contributed by atoms with van der Waals surface area (Å²) in [7, 11) is 0. The molecule has 1 aliphatic carbocycles. The van der Waals surface area contributed by atoms with Crippen molar-refractivity contribution in [1.29, 1.82) is 0 Å². The Labute approximate surface area is 258 Å². The maximum atomic E-state index is 14.0. The Morgan fingerprint density at radius 3 is 2.28 bits per heavy atom. The Morgan fingerprint density at radius 1 is 0.953 bits per heavy atom. The van der Waals surface area contributed by atoms with Crippen LogP contribution in [0.2, 0.25) is 0 Å². The quantitative estimate of drug-likeness (QED) is 0.285. The van der Waals surface area contributed by atoms with Crippen LogP contribution in [0.5, 0.6) is 0 Å². The van der Waals surface area contributed by atoms with E-state index in [2.05, 4.69) is 85.3 Å². The van der Waals surface area contributed by atoms with Gasteiger partial charge in [0.05, 0.1) is 17.9 Å². The molecule has 3 aliphatic rings. The molecule has 3 aromatic carbocycles. The number of hydrogen-bond donors (Lipinski definition) is 1. The highest BCUT2D eigenvalue weighted by atomic mass is 19.1. The molecule has 1 saturated heterocycles. The van der Waals surface area contributed by atoms with Crippen molar-refractivity contribution < 1.29 is 10.2 Å². The van der Waals surface area contributed by atoms with E-state index in [1.54, 1.807) is 0 Å². The molecule has 6 heteroatoms. The number of piperidine rings is 1. The van der Waals surface area contributed by atoms with Crippen molar-refractivity contribution in [3.8, 4) is 0 Å². The van der Waals surface area contributed by atoms with Gasteiger partial charge in [0.1, 0.15) is 11.6 Å². The molecule has 1 N–H and O–H groups in total. The minimum absolute atomic E-state index is 0. The Balaban J connectivity index is 0.00000144. The van der Waals surface area contributed by atoms with Crippen LogP contribution in [0, 0.1) is 24.5 Å². The number of nitrogens with zero attached hydrogens (tertiary/aromatic N) is 3. The number of halogens is 2. The smallest absolute Gasteiger partial charge is 0.126 e. The van der Waals surface area contributed by atoms with Crippen LogP contribution < -0.4 is 10.2 Å². The summed E-state index contributed by atoms with van der Waals surface area (Å²) in [5.74, 6) is -0.112. The number of nitrogens with one attached hydrogen (secondary N) is 1. The van der Waals surface area contributed by atoms with E-state index in [-0.39, 0.29) is 13.4 Å². The summed E-state index contributed by atoms with van der Waals surface area (Å²) in [6.07, 6.45) is 5.26. The second-order valence-corrected chi connectivity index (χ2v) is 12.4. The zero-order valence-electron chi connectivity index (χ0n) is 26.7. The van der Waals surface area contributed by atoms with E-state index >= 15 is 0 Å². The molecule has 4 nitrogen and oxygen atoms in total. The van der Waals surface area contributed by atoms with Crippen molar-refractivity contribution in [2.24, 2.45) is 10.9 Å². The van der Waals surface area contributed by atoms with Gasteiger partial charge in [-0.15, -0.1) is 0 Å². The normalized spacial score (nSPS) is 21.3. The number of likely N-dealkylation sites (tertiary alicyclic amines) is 1. The lowest BCUT2D eigenvalue weighted by molar-refractivity contribution is 0.161. The number of aliphatic imine (C=N–C) groups is 1. The molecule has 0 aromatic heterocycles. The number of aryl methyl sites for hydroxylation is 1. The zero-order chi connectivity index (χ0) is 30.7. The third kappa shape index (κ3) is 7.12. The molecule has 2 heterocycles. The lowest BCUT2D eigenvalue weighted by Crippen LogP contribution is -2.52. The lowest BCUT2D eigenvalue weighted by atomic mass is 9.83. The zero-order valence-corrected chi connectivity index (χ0v) is 26.7. The standard InChI is InChI=1S/C35H42F2N4.C2H6.H2/c1-22-7-5-6-8-34(22)41(21-26-9-10-26)25(4)40-15-13-30(14-16-40)39-31-11-12-32-33(20-31)23(2)24(3)38-35(32)27-17-28(36)19-29(37)18-27;1-2;/h5-8,11-12,17-20,23-26,30,39H,9-10,13-16,21H2,1-4H3;1-2H3;1H. The topological polar surface area (TPSA) is 30.9 Å². The number of fused-ring (bicyclic) bond motifs is 1. The van der Waals surface area contributed by atoms with E-state index in [4.69, 9.17) is 4.99 Å². The molecule has 3 unspecified atom stereocenters. The maximum absolute atomic E-state index is 14.0. The summed E-state index contributed by atoms with van der Waals surface area (Å²) in [5.41, 5.74) is 7.13. The monoisotopic (exact) mass is 588 g/mol. The van der Waals surface area contributed by atoms with E-state index < -0.39 is 11.6 Å². The highest BCUT2D eigenvalue weighted by Gasteiger charge is 2.32. The van der Waals surface area contributed by atoms with E-state index in [1.165, 1.54) is 41.8 Å². The fraction of sp³-hybridized carbons (Fsp3) is 0.486. The molecule has 232 valence electrons. The van der Waals surface area contributed by atoms with Gasteiger partial charge in [0.25, 0.3) is 0 Å². The first-order valence-electron chi connectivity index (χ1n) is 16.3. The first-order valence-corrected chi connectivity index (χ1v) is 16.3. The van der Waals surface area contributed by atoms with Gasteiger partial charge in [0.2, 0.25) is 0 Å². The molecule has 0 bridgehead atoms. The minimum Gasteiger partial charge on any atom is -0.382 e. The van der Waals surface area contributed by atoms with Gasteiger partial charge < -0.3 is 10.2 Å². The molecule has 0 spiro atoms. The molecule has 2 aliphatic heterocycles. The number of para-hydroxylation sites is 1. The third-order valence-electron chi connectivity index (χ3n) is 9.45. The van der Waals surface area contributed by atoms with Crippen molar-refractivity contribution >= 4 is 17.1 Å². The average Bonchev–Trinajstić information content (AvgIpc) is 3.83. The van der Waals surface area contributed by atoms with E-state index in [1.807, 2.05) is 13.8 Å².